The first-order valence-electron chi connectivity index (χ1n) is 11.9. The number of aliphatic hydroxyl groups is 1. The van der Waals surface area contributed by atoms with Gasteiger partial charge in [-0.2, -0.15) is 0 Å². The first-order chi connectivity index (χ1) is 15.2. The minimum absolute atomic E-state index is 0.0240. The zero-order valence-corrected chi connectivity index (χ0v) is 20.2. The molecule has 1 aromatic carbocycles. The fraction of sp³-hybridized carbons (Fsp3) is 0.692. The fourth-order valence-corrected chi connectivity index (χ4v) is 6.34. The second kappa shape index (κ2) is 10.3. The van der Waals surface area contributed by atoms with E-state index in [0.717, 1.165) is 31.2 Å². The molecular formula is C26H40N2O4. The fourth-order valence-electron chi connectivity index (χ4n) is 6.34. The zero-order valence-electron chi connectivity index (χ0n) is 20.2. The van der Waals surface area contributed by atoms with E-state index in [1.807, 2.05) is 44.3 Å². The number of fused-ring (bicyclic) bond motifs is 1. The molecule has 0 saturated heterocycles. The number of aliphatic hydroxyl groups excluding tert-OH is 1. The highest BCUT2D eigenvalue weighted by molar-refractivity contribution is 5.78. The van der Waals surface area contributed by atoms with Crippen LogP contribution in [0.25, 0.3) is 0 Å². The molecule has 2 saturated carbocycles. The molecule has 0 bridgehead atoms. The van der Waals surface area contributed by atoms with Crippen molar-refractivity contribution in [2.75, 3.05) is 20.8 Å². The number of nitrogens with one attached hydrogen (secondary N) is 1. The molecule has 0 aliphatic heterocycles. The van der Waals surface area contributed by atoms with Crippen molar-refractivity contribution < 1.29 is 19.4 Å². The van der Waals surface area contributed by atoms with Gasteiger partial charge in [0.15, 0.2) is 0 Å². The van der Waals surface area contributed by atoms with Crippen molar-refractivity contribution in [2.24, 2.45) is 29.1 Å². The summed E-state index contributed by atoms with van der Waals surface area (Å²) in [6.07, 6.45) is 3.18. The first kappa shape index (κ1) is 24.7. The molecule has 2 aliphatic carbocycles. The van der Waals surface area contributed by atoms with Gasteiger partial charge in [0.25, 0.3) is 0 Å². The van der Waals surface area contributed by atoms with Crippen LogP contribution in [0.4, 0.5) is 0 Å². The van der Waals surface area contributed by atoms with Gasteiger partial charge in [0.2, 0.25) is 11.8 Å². The minimum atomic E-state index is -0.560. The van der Waals surface area contributed by atoms with Crippen LogP contribution in [0.5, 0.6) is 0 Å². The lowest BCUT2D eigenvalue weighted by molar-refractivity contribution is -0.150. The maximum absolute atomic E-state index is 13.2. The molecule has 0 aromatic heterocycles. The minimum Gasteiger partial charge on any atom is -0.392 e. The zero-order chi connectivity index (χ0) is 23.5. The Morgan fingerprint density at radius 3 is 2.56 bits per heavy atom. The maximum atomic E-state index is 13.2. The Morgan fingerprint density at radius 2 is 1.91 bits per heavy atom. The molecule has 1 aromatic rings. The van der Waals surface area contributed by atoms with Crippen molar-refractivity contribution in [1.29, 1.82) is 0 Å². The molecule has 2 aliphatic rings. The van der Waals surface area contributed by atoms with Crippen LogP contribution >= 0.6 is 0 Å². The van der Waals surface area contributed by atoms with Crippen molar-refractivity contribution in [3.05, 3.63) is 35.9 Å². The summed E-state index contributed by atoms with van der Waals surface area (Å²) in [5.74, 6) is -0.168. The van der Waals surface area contributed by atoms with Crippen molar-refractivity contribution in [1.82, 2.24) is 10.2 Å². The van der Waals surface area contributed by atoms with Gasteiger partial charge in [-0.05, 0) is 54.4 Å². The first-order valence-corrected chi connectivity index (χ1v) is 11.9. The molecule has 6 nitrogen and oxygen atoms in total. The number of rotatable bonds is 7. The normalized spacial score (nSPS) is 33.1. The Morgan fingerprint density at radius 1 is 1.25 bits per heavy atom. The van der Waals surface area contributed by atoms with Crippen LogP contribution < -0.4 is 5.32 Å². The van der Waals surface area contributed by atoms with Gasteiger partial charge in [0.1, 0.15) is 6.61 Å². The second-order valence-electron chi connectivity index (χ2n) is 10.3. The third-order valence-corrected chi connectivity index (χ3v) is 8.18. The molecule has 2 fully saturated rings. The van der Waals surface area contributed by atoms with E-state index in [1.54, 1.807) is 4.90 Å². The number of ether oxygens (including phenoxy) is 1. The summed E-state index contributed by atoms with van der Waals surface area (Å²) in [6, 6.07) is 10.0. The van der Waals surface area contributed by atoms with Crippen molar-refractivity contribution in [2.45, 2.75) is 65.1 Å². The van der Waals surface area contributed by atoms with Gasteiger partial charge in [0.05, 0.1) is 6.10 Å². The van der Waals surface area contributed by atoms with Gasteiger partial charge in [-0.1, -0.05) is 51.1 Å². The third-order valence-electron chi connectivity index (χ3n) is 8.18. The van der Waals surface area contributed by atoms with Crippen LogP contribution in [0.15, 0.2) is 30.3 Å². The van der Waals surface area contributed by atoms with Crippen LogP contribution in [-0.2, 0) is 20.9 Å². The van der Waals surface area contributed by atoms with Gasteiger partial charge in [-0.3, -0.25) is 9.59 Å². The molecule has 32 heavy (non-hydrogen) atoms. The van der Waals surface area contributed by atoms with E-state index < -0.39 is 6.10 Å². The Hall–Kier alpha value is -1.92. The van der Waals surface area contributed by atoms with E-state index in [0.29, 0.717) is 6.54 Å². The van der Waals surface area contributed by atoms with E-state index in [4.69, 9.17) is 4.74 Å². The quantitative estimate of drug-likeness (QED) is 0.677. The standard InChI is InChI=1S/C26H40N2O4/c1-17(25(31)28(4)15-19-9-7-6-8-10-19)20-11-13-26(3)14-12-21(27-22(29)16-32-5)18(2)23(26)24(20)30/h6-10,17-18,20-21,23-24,30H,11-16H2,1-5H3,(H,27,29). The molecular weight excluding hydrogens is 404 g/mol. The molecule has 0 heterocycles. The molecule has 6 heteroatoms. The number of amides is 2. The van der Waals surface area contributed by atoms with E-state index in [2.05, 4.69) is 19.2 Å². The predicted octanol–water partition coefficient (Wildman–Crippen LogP) is 3.24. The predicted molar refractivity (Wildman–Crippen MR) is 125 cm³/mol. The Bertz CT molecular complexity index is 785. The van der Waals surface area contributed by atoms with Crippen molar-refractivity contribution >= 4 is 11.8 Å². The smallest absolute Gasteiger partial charge is 0.246 e. The van der Waals surface area contributed by atoms with E-state index >= 15 is 0 Å². The van der Waals surface area contributed by atoms with Gasteiger partial charge in [-0.15, -0.1) is 0 Å². The second-order valence-corrected chi connectivity index (χ2v) is 10.3. The summed E-state index contributed by atoms with van der Waals surface area (Å²) in [5.41, 5.74) is 1.14. The largest absolute Gasteiger partial charge is 0.392 e. The summed E-state index contributed by atoms with van der Waals surface area (Å²) < 4.78 is 4.96. The summed E-state index contributed by atoms with van der Waals surface area (Å²) in [5, 5.41) is 14.6. The lowest BCUT2D eigenvalue weighted by Gasteiger charge is -2.56. The van der Waals surface area contributed by atoms with Gasteiger partial charge in [0, 0.05) is 32.7 Å². The number of carbonyl (C=O) groups excluding carboxylic acids is 2. The molecule has 0 radical (unpaired) electrons. The molecule has 7 atom stereocenters. The van der Waals surface area contributed by atoms with Gasteiger partial charge >= 0.3 is 0 Å². The van der Waals surface area contributed by atoms with E-state index in [-0.39, 0.29) is 53.5 Å². The third kappa shape index (κ3) is 5.18. The summed E-state index contributed by atoms with van der Waals surface area (Å²) in [6.45, 7) is 6.99. The molecule has 178 valence electrons. The number of carbonyl (C=O) groups is 2. The number of hydrogen-bond donors (Lipinski definition) is 2. The molecule has 2 N–H and O–H groups in total. The highest BCUT2D eigenvalue weighted by Gasteiger charge is 2.54. The maximum Gasteiger partial charge on any atom is 0.246 e. The average molecular weight is 445 g/mol. The van der Waals surface area contributed by atoms with E-state index in [1.165, 1.54) is 7.11 Å². The molecule has 7 unspecified atom stereocenters. The number of nitrogens with zero attached hydrogens (tertiary/aromatic N) is 1. The van der Waals surface area contributed by atoms with Crippen molar-refractivity contribution in [3.8, 4) is 0 Å². The van der Waals surface area contributed by atoms with Crippen LogP contribution in [0.3, 0.4) is 0 Å². The van der Waals surface area contributed by atoms with Crippen LogP contribution in [0, 0.1) is 29.1 Å². The summed E-state index contributed by atoms with van der Waals surface area (Å²) in [7, 11) is 3.36. The SMILES string of the molecule is COCC(=O)NC1CCC2(C)CCC(C(C)C(=O)N(C)Cc3ccccc3)C(O)C2C1C. The monoisotopic (exact) mass is 444 g/mol. The highest BCUT2D eigenvalue weighted by atomic mass is 16.5. The van der Waals surface area contributed by atoms with Crippen LogP contribution in [-0.4, -0.2) is 54.7 Å². The number of benzene rings is 1. The van der Waals surface area contributed by atoms with Crippen molar-refractivity contribution in [3.63, 3.8) is 0 Å². The molecule has 0 spiro atoms. The molecule has 2 amide bonds. The van der Waals surface area contributed by atoms with Gasteiger partial charge in [-0.25, -0.2) is 0 Å². The topological polar surface area (TPSA) is 78.9 Å². The lowest BCUT2D eigenvalue weighted by atomic mass is 9.51. The van der Waals surface area contributed by atoms with E-state index in [9.17, 15) is 14.7 Å². The number of hydrogen-bond acceptors (Lipinski definition) is 4. The van der Waals surface area contributed by atoms with Gasteiger partial charge < -0.3 is 20.1 Å². The Kier molecular flexibility index (Phi) is 7.99. The Balaban J connectivity index is 1.70. The molecule has 3 rings (SSSR count). The lowest BCUT2D eigenvalue weighted by Crippen LogP contribution is -2.58. The highest BCUT2D eigenvalue weighted by Crippen LogP contribution is 2.55. The van der Waals surface area contributed by atoms with Crippen LogP contribution in [0.2, 0.25) is 0 Å². The summed E-state index contributed by atoms with van der Waals surface area (Å²) >= 11 is 0. The summed E-state index contributed by atoms with van der Waals surface area (Å²) in [4.78, 5) is 27.1. The number of methoxy groups -OCH3 is 1. The van der Waals surface area contributed by atoms with Crippen LogP contribution in [0.1, 0.15) is 52.0 Å². The average Bonchev–Trinajstić information content (AvgIpc) is 2.76. The Labute approximate surface area is 192 Å².